The van der Waals surface area contributed by atoms with Gasteiger partial charge in [0.05, 0.1) is 0 Å². The van der Waals surface area contributed by atoms with Crippen LogP contribution in [0.4, 0.5) is 0 Å². The molecule has 2 fully saturated rings. The number of carbonyl (C=O) groups is 1. The number of hydrogen-bond donors (Lipinski definition) is 1. The van der Waals surface area contributed by atoms with Crippen LogP contribution in [0.3, 0.4) is 0 Å². The van der Waals surface area contributed by atoms with Crippen molar-refractivity contribution in [1.29, 1.82) is 0 Å². The van der Waals surface area contributed by atoms with Gasteiger partial charge in [-0.25, -0.2) is 0 Å². The summed E-state index contributed by atoms with van der Waals surface area (Å²) in [6.45, 7) is 0. The molecule has 0 aromatic carbocycles. The van der Waals surface area contributed by atoms with Crippen molar-refractivity contribution in [2.45, 2.75) is 36.1 Å². The number of piperidine rings is 1. The quantitative estimate of drug-likeness (QED) is 0.604. The van der Waals surface area contributed by atoms with Crippen molar-refractivity contribution in [1.82, 2.24) is 5.32 Å². The molecule has 0 aromatic rings. The Morgan fingerprint density at radius 2 is 2.17 bits per heavy atom. The standard InChI is InChI=1S/C8H11Cl2NO/c9-8(10)4-5-2-1-3-6(5)11-7(8)12/h5-6H,1-4H2,(H,11,12)/t5-,6+/m1/s1. The second-order valence-corrected chi connectivity index (χ2v) is 5.16. The fourth-order valence-electron chi connectivity index (χ4n) is 2.17. The van der Waals surface area contributed by atoms with Crippen LogP contribution in [0, 0.1) is 5.92 Å². The molecule has 0 spiro atoms. The normalized spacial score (nSPS) is 39.0. The molecule has 4 heteroatoms. The smallest absolute Gasteiger partial charge is 0.256 e. The second kappa shape index (κ2) is 2.78. The largest absolute Gasteiger partial charge is 0.350 e. The first-order valence-electron chi connectivity index (χ1n) is 4.28. The topological polar surface area (TPSA) is 29.1 Å². The summed E-state index contributed by atoms with van der Waals surface area (Å²) >= 11 is 11.7. The van der Waals surface area contributed by atoms with Crippen LogP contribution in [-0.4, -0.2) is 16.3 Å². The van der Waals surface area contributed by atoms with Crippen molar-refractivity contribution < 1.29 is 4.79 Å². The molecular weight excluding hydrogens is 197 g/mol. The van der Waals surface area contributed by atoms with E-state index in [4.69, 9.17) is 23.2 Å². The molecule has 1 amide bonds. The van der Waals surface area contributed by atoms with E-state index in [1.807, 2.05) is 0 Å². The summed E-state index contributed by atoms with van der Waals surface area (Å²) in [5.41, 5.74) is 0. The van der Waals surface area contributed by atoms with Gasteiger partial charge in [-0.05, 0) is 25.2 Å². The van der Waals surface area contributed by atoms with E-state index in [1.165, 1.54) is 6.42 Å². The van der Waals surface area contributed by atoms with E-state index in [2.05, 4.69) is 5.32 Å². The Morgan fingerprint density at radius 1 is 1.42 bits per heavy atom. The third-order valence-corrected chi connectivity index (χ3v) is 3.48. The van der Waals surface area contributed by atoms with E-state index in [-0.39, 0.29) is 5.91 Å². The summed E-state index contributed by atoms with van der Waals surface area (Å²) in [6.07, 6.45) is 4.03. The lowest BCUT2D eigenvalue weighted by molar-refractivity contribution is -0.124. The predicted molar refractivity (Wildman–Crippen MR) is 48.3 cm³/mol. The van der Waals surface area contributed by atoms with Crippen LogP contribution in [0.15, 0.2) is 0 Å². The van der Waals surface area contributed by atoms with Crippen LogP contribution in [0.2, 0.25) is 0 Å². The van der Waals surface area contributed by atoms with Crippen LogP contribution in [0.5, 0.6) is 0 Å². The van der Waals surface area contributed by atoms with Gasteiger partial charge in [-0.2, -0.15) is 0 Å². The van der Waals surface area contributed by atoms with Crippen molar-refractivity contribution in [2.75, 3.05) is 0 Å². The zero-order chi connectivity index (χ0) is 8.77. The van der Waals surface area contributed by atoms with Crippen molar-refractivity contribution in [3.05, 3.63) is 0 Å². The lowest BCUT2D eigenvalue weighted by atomic mass is 9.93. The van der Waals surface area contributed by atoms with E-state index in [1.54, 1.807) is 0 Å². The number of fused-ring (bicyclic) bond motifs is 1. The fourth-order valence-corrected chi connectivity index (χ4v) is 2.67. The fraction of sp³-hybridized carbons (Fsp3) is 0.875. The Morgan fingerprint density at radius 3 is 2.92 bits per heavy atom. The zero-order valence-corrected chi connectivity index (χ0v) is 8.16. The monoisotopic (exact) mass is 207 g/mol. The number of alkyl halides is 2. The van der Waals surface area contributed by atoms with Crippen molar-refractivity contribution in [3.8, 4) is 0 Å². The molecule has 1 heterocycles. The number of carbonyl (C=O) groups excluding carboxylic acids is 1. The van der Waals surface area contributed by atoms with Gasteiger partial charge in [-0.3, -0.25) is 4.79 Å². The SMILES string of the molecule is O=C1N[C@H]2CCC[C@@H]2CC1(Cl)Cl. The molecule has 2 rings (SSSR count). The zero-order valence-electron chi connectivity index (χ0n) is 6.65. The maximum absolute atomic E-state index is 11.3. The Balaban J connectivity index is 2.14. The summed E-state index contributed by atoms with van der Waals surface area (Å²) < 4.78 is -1.18. The molecule has 1 saturated heterocycles. The summed E-state index contributed by atoms with van der Waals surface area (Å²) in [6, 6.07) is 0.336. The van der Waals surface area contributed by atoms with Gasteiger partial charge in [-0.15, -0.1) is 0 Å². The molecular formula is C8H11Cl2NO. The molecule has 2 aliphatic rings. The Hall–Kier alpha value is 0.0500. The summed E-state index contributed by atoms with van der Waals surface area (Å²) in [5.74, 6) is 0.284. The van der Waals surface area contributed by atoms with Gasteiger partial charge >= 0.3 is 0 Å². The average molecular weight is 208 g/mol. The molecule has 1 saturated carbocycles. The minimum absolute atomic E-state index is 0.214. The number of amides is 1. The molecule has 0 unspecified atom stereocenters. The summed E-state index contributed by atoms with van der Waals surface area (Å²) in [5, 5.41) is 2.87. The highest BCUT2D eigenvalue weighted by Crippen LogP contribution is 2.41. The van der Waals surface area contributed by atoms with E-state index in [0.717, 1.165) is 12.8 Å². The minimum atomic E-state index is -1.18. The van der Waals surface area contributed by atoms with Crippen LogP contribution >= 0.6 is 23.2 Å². The van der Waals surface area contributed by atoms with Crippen LogP contribution < -0.4 is 5.32 Å². The predicted octanol–water partition coefficient (Wildman–Crippen LogP) is 1.85. The van der Waals surface area contributed by atoms with Crippen LogP contribution in [0.25, 0.3) is 0 Å². The van der Waals surface area contributed by atoms with Gasteiger partial charge in [0, 0.05) is 6.04 Å². The summed E-state index contributed by atoms with van der Waals surface area (Å²) in [4.78, 5) is 11.3. The number of rotatable bonds is 0. The van der Waals surface area contributed by atoms with E-state index >= 15 is 0 Å². The molecule has 2 atom stereocenters. The molecule has 68 valence electrons. The molecule has 1 aliphatic heterocycles. The molecule has 2 nitrogen and oxygen atoms in total. The molecule has 1 aliphatic carbocycles. The van der Waals surface area contributed by atoms with Crippen molar-refractivity contribution in [2.24, 2.45) is 5.92 Å². The highest BCUT2D eigenvalue weighted by atomic mass is 35.5. The number of halogens is 2. The van der Waals surface area contributed by atoms with Gasteiger partial charge in [0.1, 0.15) is 0 Å². The third kappa shape index (κ3) is 1.31. The number of nitrogens with one attached hydrogen (secondary N) is 1. The maximum Gasteiger partial charge on any atom is 0.256 e. The Bertz CT molecular complexity index is 217. The van der Waals surface area contributed by atoms with Gasteiger partial charge in [0.25, 0.3) is 5.91 Å². The van der Waals surface area contributed by atoms with Gasteiger partial charge in [-0.1, -0.05) is 29.6 Å². The first-order valence-corrected chi connectivity index (χ1v) is 5.04. The molecule has 0 bridgehead atoms. The first kappa shape index (κ1) is 8.64. The maximum atomic E-state index is 11.3. The van der Waals surface area contributed by atoms with Crippen LogP contribution in [0.1, 0.15) is 25.7 Å². The lowest BCUT2D eigenvalue weighted by Crippen LogP contribution is -2.52. The van der Waals surface area contributed by atoms with Gasteiger partial charge in [0.15, 0.2) is 4.33 Å². The molecule has 0 radical (unpaired) electrons. The molecule has 0 aromatic heterocycles. The lowest BCUT2D eigenvalue weighted by Gasteiger charge is -2.33. The van der Waals surface area contributed by atoms with E-state index in [9.17, 15) is 4.79 Å². The number of hydrogen-bond acceptors (Lipinski definition) is 1. The highest BCUT2D eigenvalue weighted by Gasteiger charge is 2.46. The van der Waals surface area contributed by atoms with Crippen molar-refractivity contribution in [3.63, 3.8) is 0 Å². The molecule has 12 heavy (non-hydrogen) atoms. The highest BCUT2D eigenvalue weighted by molar-refractivity contribution is 6.58. The second-order valence-electron chi connectivity index (χ2n) is 3.68. The van der Waals surface area contributed by atoms with E-state index < -0.39 is 4.33 Å². The molecule has 1 N–H and O–H groups in total. The summed E-state index contributed by atoms with van der Waals surface area (Å²) in [7, 11) is 0. The Labute approximate surface area is 81.6 Å². The van der Waals surface area contributed by atoms with Gasteiger partial charge < -0.3 is 5.32 Å². The Kier molecular flexibility index (Phi) is 2.00. The van der Waals surface area contributed by atoms with E-state index in [0.29, 0.717) is 18.4 Å². The van der Waals surface area contributed by atoms with Crippen LogP contribution in [-0.2, 0) is 4.79 Å². The average Bonchev–Trinajstić information content (AvgIpc) is 2.35. The van der Waals surface area contributed by atoms with Gasteiger partial charge in [0.2, 0.25) is 0 Å². The minimum Gasteiger partial charge on any atom is -0.350 e. The first-order chi connectivity index (χ1) is 5.59. The van der Waals surface area contributed by atoms with Crippen molar-refractivity contribution >= 4 is 29.1 Å². The third-order valence-electron chi connectivity index (χ3n) is 2.83.